The summed E-state index contributed by atoms with van der Waals surface area (Å²) in [4.78, 5) is 8.00. The largest absolute Gasteiger partial charge is 0.497 e. The Bertz CT molecular complexity index is 213. The van der Waals surface area contributed by atoms with Gasteiger partial charge in [-0.1, -0.05) is 6.07 Å². The lowest BCUT2D eigenvalue weighted by atomic mass is 10.3. The molecule has 0 fully saturated rings. The molecule has 1 rings (SSSR count). The summed E-state index contributed by atoms with van der Waals surface area (Å²) in [6.07, 6.45) is 0. The van der Waals surface area contributed by atoms with Crippen LogP contribution in [0.15, 0.2) is 24.3 Å². The van der Waals surface area contributed by atoms with Gasteiger partial charge in [-0.3, -0.25) is 0 Å². The summed E-state index contributed by atoms with van der Waals surface area (Å²) in [7, 11) is 1.62. The van der Waals surface area contributed by atoms with Crippen molar-refractivity contribution in [1.29, 1.82) is 0 Å². The van der Waals surface area contributed by atoms with Gasteiger partial charge in [-0.2, -0.15) is 0 Å². The van der Waals surface area contributed by atoms with Gasteiger partial charge in [0.25, 0.3) is 0 Å². The van der Waals surface area contributed by atoms with Crippen LogP contribution in [-0.2, 0) is 4.79 Å². The maximum atomic E-state index is 8.00. The average Bonchev–Trinajstić information content (AvgIpc) is 2.08. The molecule has 0 heterocycles. The zero-order chi connectivity index (χ0) is 8.69. The maximum Gasteiger partial charge on any atom is 0.120 e. The Labute approximate surface area is 65.8 Å². The molecular weight excluding hydrogens is 142 g/mol. The van der Waals surface area contributed by atoms with E-state index in [1.807, 2.05) is 25.0 Å². The molecule has 2 N–H and O–H groups in total. The highest BCUT2D eigenvalue weighted by Crippen LogP contribution is 2.12. The second-order valence-corrected chi connectivity index (χ2v) is 1.78. The fourth-order valence-corrected chi connectivity index (χ4v) is 0.642. The lowest BCUT2D eigenvalue weighted by Crippen LogP contribution is -1.86. The first-order valence-electron chi connectivity index (χ1n) is 3.01. The molecule has 0 aliphatic carbocycles. The molecule has 0 atom stereocenters. The van der Waals surface area contributed by atoms with E-state index in [4.69, 9.17) is 15.3 Å². The van der Waals surface area contributed by atoms with E-state index in [9.17, 15) is 0 Å². The van der Waals surface area contributed by atoms with E-state index >= 15 is 0 Å². The average molecular weight is 153 g/mol. The van der Waals surface area contributed by atoms with Gasteiger partial charge in [0, 0.05) is 11.8 Å². The molecule has 0 saturated heterocycles. The highest BCUT2D eigenvalue weighted by atomic mass is 16.5. The van der Waals surface area contributed by atoms with Crippen molar-refractivity contribution >= 4 is 12.5 Å². The minimum absolute atomic E-state index is 0.731. The molecule has 0 aliphatic rings. The van der Waals surface area contributed by atoms with Gasteiger partial charge in [-0.05, 0) is 12.1 Å². The van der Waals surface area contributed by atoms with Crippen molar-refractivity contribution in [3.8, 4) is 5.75 Å². The third-order valence-electron chi connectivity index (χ3n) is 1.09. The zero-order valence-electron chi connectivity index (χ0n) is 6.41. The third-order valence-corrected chi connectivity index (χ3v) is 1.09. The van der Waals surface area contributed by atoms with E-state index in [-0.39, 0.29) is 0 Å². The molecule has 0 aromatic heterocycles. The second kappa shape index (κ2) is 5.29. The Kier molecular flexibility index (Phi) is 4.56. The van der Waals surface area contributed by atoms with Crippen molar-refractivity contribution in [2.45, 2.75) is 0 Å². The van der Waals surface area contributed by atoms with Crippen LogP contribution in [-0.4, -0.2) is 13.9 Å². The number of methoxy groups -OCH3 is 1. The summed E-state index contributed by atoms with van der Waals surface area (Å²) in [5.74, 6) is 0.801. The highest BCUT2D eigenvalue weighted by Gasteiger charge is 1.87. The SMILES string of the molecule is C=O.COc1cccc(N)c1. The molecule has 0 saturated carbocycles. The van der Waals surface area contributed by atoms with Crippen LogP contribution >= 0.6 is 0 Å². The van der Waals surface area contributed by atoms with E-state index in [2.05, 4.69) is 0 Å². The second-order valence-electron chi connectivity index (χ2n) is 1.78. The predicted molar refractivity (Wildman–Crippen MR) is 44.5 cm³/mol. The number of ether oxygens (including phenoxy) is 1. The van der Waals surface area contributed by atoms with Crippen molar-refractivity contribution < 1.29 is 9.53 Å². The fraction of sp³-hybridized carbons (Fsp3) is 0.125. The number of benzene rings is 1. The summed E-state index contributed by atoms with van der Waals surface area (Å²) >= 11 is 0. The molecule has 1 aromatic rings. The highest BCUT2D eigenvalue weighted by molar-refractivity contribution is 5.43. The van der Waals surface area contributed by atoms with E-state index in [1.54, 1.807) is 13.2 Å². The van der Waals surface area contributed by atoms with Crippen molar-refractivity contribution in [2.75, 3.05) is 12.8 Å². The number of carbonyl (C=O) groups excluding carboxylic acids is 1. The number of nitrogen functional groups attached to an aromatic ring is 1. The van der Waals surface area contributed by atoms with Gasteiger partial charge < -0.3 is 15.3 Å². The first kappa shape index (κ1) is 9.49. The number of anilines is 1. The zero-order valence-corrected chi connectivity index (χ0v) is 6.41. The van der Waals surface area contributed by atoms with Crippen LogP contribution in [0.5, 0.6) is 5.75 Å². The van der Waals surface area contributed by atoms with Crippen molar-refractivity contribution in [1.82, 2.24) is 0 Å². The molecule has 0 spiro atoms. The number of rotatable bonds is 1. The normalized spacial score (nSPS) is 7.73. The number of carbonyl (C=O) groups is 1. The molecule has 60 valence electrons. The standard InChI is InChI=1S/C7H9NO.CH2O/c1-9-7-4-2-3-6(8)5-7;1-2/h2-5H,8H2,1H3;1H2. The van der Waals surface area contributed by atoms with Crippen LogP contribution in [0.2, 0.25) is 0 Å². The predicted octanol–water partition coefficient (Wildman–Crippen LogP) is 1.09. The van der Waals surface area contributed by atoms with Crippen LogP contribution < -0.4 is 10.5 Å². The van der Waals surface area contributed by atoms with E-state index < -0.39 is 0 Å². The first-order valence-corrected chi connectivity index (χ1v) is 3.01. The molecule has 3 heteroatoms. The van der Waals surface area contributed by atoms with Crippen LogP contribution in [0.25, 0.3) is 0 Å². The van der Waals surface area contributed by atoms with Crippen LogP contribution in [0.1, 0.15) is 0 Å². The summed E-state index contributed by atoms with van der Waals surface area (Å²) < 4.78 is 4.92. The van der Waals surface area contributed by atoms with Gasteiger partial charge in [0.2, 0.25) is 0 Å². The molecule has 11 heavy (non-hydrogen) atoms. The van der Waals surface area contributed by atoms with E-state index in [1.165, 1.54) is 0 Å². The lowest BCUT2D eigenvalue weighted by Gasteiger charge is -1.97. The summed E-state index contributed by atoms with van der Waals surface area (Å²) in [6, 6.07) is 7.31. The lowest BCUT2D eigenvalue weighted by molar-refractivity contribution is -0.0979. The van der Waals surface area contributed by atoms with Gasteiger partial charge in [-0.25, -0.2) is 0 Å². The molecule has 3 nitrogen and oxygen atoms in total. The van der Waals surface area contributed by atoms with Gasteiger partial charge in [0.05, 0.1) is 7.11 Å². The van der Waals surface area contributed by atoms with Crippen molar-refractivity contribution in [3.63, 3.8) is 0 Å². The Morgan fingerprint density at radius 1 is 1.45 bits per heavy atom. The molecule has 0 bridgehead atoms. The molecular formula is C8H11NO2. The minimum Gasteiger partial charge on any atom is -0.497 e. The summed E-state index contributed by atoms with van der Waals surface area (Å²) in [6.45, 7) is 2.00. The Balaban J connectivity index is 0.000000461. The Hall–Kier alpha value is -1.51. The molecule has 0 amide bonds. The van der Waals surface area contributed by atoms with Crippen LogP contribution in [0, 0.1) is 0 Å². The van der Waals surface area contributed by atoms with Crippen LogP contribution in [0.3, 0.4) is 0 Å². The first-order chi connectivity index (χ1) is 5.33. The van der Waals surface area contributed by atoms with E-state index in [0.29, 0.717) is 0 Å². The van der Waals surface area contributed by atoms with E-state index in [0.717, 1.165) is 11.4 Å². The minimum atomic E-state index is 0.731. The van der Waals surface area contributed by atoms with Gasteiger partial charge in [0.15, 0.2) is 0 Å². The van der Waals surface area contributed by atoms with Gasteiger partial charge in [0.1, 0.15) is 12.5 Å². The number of hydrogen-bond donors (Lipinski definition) is 1. The smallest absolute Gasteiger partial charge is 0.120 e. The molecule has 0 aliphatic heterocycles. The van der Waals surface area contributed by atoms with Gasteiger partial charge >= 0.3 is 0 Å². The Morgan fingerprint density at radius 3 is 2.45 bits per heavy atom. The van der Waals surface area contributed by atoms with Gasteiger partial charge in [-0.15, -0.1) is 0 Å². The molecule has 0 unspecified atom stereocenters. The summed E-state index contributed by atoms with van der Waals surface area (Å²) in [5, 5.41) is 0. The quantitative estimate of drug-likeness (QED) is 0.614. The molecule has 0 radical (unpaired) electrons. The van der Waals surface area contributed by atoms with Crippen LogP contribution in [0.4, 0.5) is 5.69 Å². The number of nitrogens with two attached hydrogens (primary N) is 1. The maximum absolute atomic E-state index is 8.00. The summed E-state index contributed by atoms with van der Waals surface area (Å²) in [5.41, 5.74) is 6.19. The van der Waals surface area contributed by atoms with Crippen molar-refractivity contribution in [3.05, 3.63) is 24.3 Å². The fourth-order valence-electron chi connectivity index (χ4n) is 0.642. The Morgan fingerprint density at radius 2 is 2.09 bits per heavy atom. The molecule has 1 aromatic carbocycles. The topological polar surface area (TPSA) is 52.3 Å². The van der Waals surface area contributed by atoms with Crippen molar-refractivity contribution in [2.24, 2.45) is 0 Å². The monoisotopic (exact) mass is 153 g/mol. The third kappa shape index (κ3) is 3.25. The number of hydrogen-bond acceptors (Lipinski definition) is 3.